The first kappa shape index (κ1) is 14.7. The van der Waals surface area contributed by atoms with Gasteiger partial charge in [-0.1, -0.05) is 0 Å². The van der Waals surface area contributed by atoms with E-state index in [0.29, 0.717) is 18.8 Å². The van der Waals surface area contributed by atoms with Crippen molar-refractivity contribution in [1.29, 1.82) is 5.26 Å². The second-order valence-electron chi connectivity index (χ2n) is 4.66. The molecule has 2 rings (SSSR count). The van der Waals surface area contributed by atoms with E-state index in [-0.39, 0.29) is 11.3 Å². The van der Waals surface area contributed by atoms with Gasteiger partial charge in [0.2, 0.25) is 0 Å². The lowest BCUT2D eigenvalue weighted by atomic mass is 10.0. The van der Waals surface area contributed by atoms with E-state index >= 15 is 0 Å². The molecule has 1 aliphatic rings. The molecule has 0 radical (unpaired) electrons. The van der Waals surface area contributed by atoms with Crippen LogP contribution in [0, 0.1) is 21.4 Å². The van der Waals surface area contributed by atoms with E-state index in [1.165, 1.54) is 13.2 Å². The first-order chi connectivity index (χ1) is 10.1. The van der Waals surface area contributed by atoms with Crippen LogP contribution in [-0.4, -0.2) is 35.6 Å². The summed E-state index contributed by atoms with van der Waals surface area (Å²) in [6.07, 6.45) is 3.44. The fourth-order valence-electron chi connectivity index (χ4n) is 2.42. The molecule has 0 N–H and O–H groups in total. The molecule has 0 spiro atoms. The van der Waals surface area contributed by atoms with Gasteiger partial charge in [0.1, 0.15) is 29.7 Å². The summed E-state index contributed by atoms with van der Waals surface area (Å²) in [7, 11) is 1.31. The number of hydrogen-bond donors (Lipinski definition) is 0. The molecular formula is C13H14N4O4. The lowest BCUT2D eigenvalue weighted by Gasteiger charge is -2.34. The Morgan fingerprint density at radius 1 is 1.62 bits per heavy atom. The minimum absolute atomic E-state index is 0.0833. The molecule has 1 aromatic rings. The molecule has 1 fully saturated rings. The van der Waals surface area contributed by atoms with E-state index in [2.05, 4.69) is 4.98 Å². The van der Waals surface area contributed by atoms with E-state index in [1.54, 1.807) is 4.90 Å². The van der Waals surface area contributed by atoms with E-state index in [9.17, 15) is 20.2 Å². The highest BCUT2D eigenvalue weighted by atomic mass is 16.6. The Bertz CT molecular complexity index is 611. The lowest BCUT2D eigenvalue weighted by Crippen LogP contribution is -2.46. The molecule has 21 heavy (non-hydrogen) atoms. The van der Waals surface area contributed by atoms with E-state index < -0.39 is 16.9 Å². The van der Waals surface area contributed by atoms with Gasteiger partial charge in [-0.2, -0.15) is 5.26 Å². The van der Waals surface area contributed by atoms with Crippen LogP contribution >= 0.6 is 0 Å². The number of ether oxygens (including phenoxy) is 1. The summed E-state index contributed by atoms with van der Waals surface area (Å²) in [4.78, 5) is 27.7. The molecule has 1 saturated heterocycles. The number of aromatic nitrogens is 1. The standard InChI is InChI=1S/C13H14N4O4/c1-21-13(18)11-4-2-3-5-16(11)12-9(7-14)6-10(8-15-12)17(19)20/h6,8,11H,2-5H2,1H3. The monoisotopic (exact) mass is 290 g/mol. The number of nitrogens with zero attached hydrogens (tertiary/aromatic N) is 4. The SMILES string of the molecule is COC(=O)C1CCCCN1c1ncc([N+](=O)[O-])cc1C#N. The molecule has 110 valence electrons. The van der Waals surface area contributed by atoms with Crippen molar-refractivity contribution in [3.05, 3.63) is 27.9 Å². The fraction of sp³-hybridized carbons (Fsp3) is 0.462. The molecule has 1 aromatic heterocycles. The third kappa shape index (κ3) is 2.91. The van der Waals surface area contributed by atoms with Crippen molar-refractivity contribution in [1.82, 2.24) is 4.98 Å². The van der Waals surface area contributed by atoms with Crippen LogP contribution in [0.2, 0.25) is 0 Å². The summed E-state index contributed by atoms with van der Waals surface area (Å²) < 4.78 is 4.78. The largest absolute Gasteiger partial charge is 0.467 e. The second-order valence-corrected chi connectivity index (χ2v) is 4.66. The van der Waals surface area contributed by atoms with Crippen LogP contribution in [0.25, 0.3) is 0 Å². The average molecular weight is 290 g/mol. The Hall–Kier alpha value is -2.69. The van der Waals surface area contributed by atoms with Crippen molar-refractivity contribution in [2.24, 2.45) is 0 Å². The van der Waals surface area contributed by atoms with Gasteiger partial charge in [-0.05, 0) is 19.3 Å². The molecule has 0 bridgehead atoms. The van der Waals surface area contributed by atoms with Gasteiger partial charge in [-0.25, -0.2) is 9.78 Å². The van der Waals surface area contributed by atoms with Gasteiger partial charge in [-0.3, -0.25) is 10.1 Å². The number of anilines is 1. The van der Waals surface area contributed by atoms with Crippen LogP contribution in [-0.2, 0) is 9.53 Å². The summed E-state index contributed by atoms with van der Waals surface area (Å²) in [6, 6.07) is 2.57. The highest BCUT2D eigenvalue weighted by Gasteiger charge is 2.32. The topological polar surface area (TPSA) is 109 Å². The van der Waals surface area contributed by atoms with Crippen LogP contribution in [0.15, 0.2) is 12.3 Å². The molecule has 1 atom stereocenters. The minimum Gasteiger partial charge on any atom is -0.467 e. The number of methoxy groups -OCH3 is 1. The van der Waals surface area contributed by atoms with Crippen LogP contribution < -0.4 is 4.90 Å². The number of nitriles is 1. The van der Waals surface area contributed by atoms with Crippen molar-refractivity contribution in [3.63, 3.8) is 0 Å². The Labute approximate surface area is 121 Å². The third-order valence-electron chi connectivity index (χ3n) is 3.43. The van der Waals surface area contributed by atoms with Gasteiger partial charge in [0.15, 0.2) is 0 Å². The van der Waals surface area contributed by atoms with Gasteiger partial charge in [-0.15, -0.1) is 0 Å². The number of esters is 1. The van der Waals surface area contributed by atoms with Crippen molar-refractivity contribution in [2.45, 2.75) is 25.3 Å². The number of carbonyl (C=O) groups excluding carboxylic acids is 1. The first-order valence-corrected chi connectivity index (χ1v) is 6.47. The zero-order valence-electron chi connectivity index (χ0n) is 11.5. The van der Waals surface area contributed by atoms with Gasteiger partial charge < -0.3 is 9.64 Å². The first-order valence-electron chi connectivity index (χ1n) is 6.47. The molecule has 8 nitrogen and oxygen atoms in total. The van der Waals surface area contributed by atoms with Crippen LogP contribution in [0.3, 0.4) is 0 Å². The van der Waals surface area contributed by atoms with Crippen molar-refractivity contribution < 1.29 is 14.5 Å². The maximum atomic E-state index is 11.8. The Balaban J connectivity index is 2.41. The van der Waals surface area contributed by atoms with Gasteiger partial charge >= 0.3 is 5.97 Å². The molecule has 0 aromatic carbocycles. The van der Waals surface area contributed by atoms with E-state index in [0.717, 1.165) is 19.0 Å². The molecule has 1 unspecified atom stereocenters. The predicted octanol–water partition coefficient (Wildman–Crippen LogP) is 1.39. The molecule has 8 heteroatoms. The summed E-state index contributed by atoms with van der Waals surface area (Å²) in [5, 5.41) is 19.9. The smallest absolute Gasteiger partial charge is 0.328 e. The number of piperidine rings is 1. The van der Waals surface area contributed by atoms with Crippen molar-refractivity contribution >= 4 is 17.5 Å². The normalized spacial score (nSPS) is 17.9. The second kappa shape index (κ2) is 6.17. The van der Waals surface area contributed by atoms with Crippen LogP contribution in [0.4, 0.5) is 11.5 Å². The lowest BCUT2D eigenvalue weighted by molar-refractivity contribution is -0.385. The molecule has 0 amide bonds. The minimum atomic E-state index is -0.606. The van der Waals surface area contributed by atoms with Gasteiger partial charge in [0.05, 0.1) is 12.0 Å². The molecule has 0 aliphatic carbocycles. The Morgan fingerprint density at radius 3 is 3.00 bits per heavy atom. The molecule has 0 saturated carbocycles. The number of carbonyl (C=O) groups is 1. The Morgan fingerprint density at radius 2 is 2.38 bits per heavy atom. The fourth-order valence-corrected chi connectivity index (χ4v) is 2.42. The Kier molecular flexibility index (Phi) is 4.33. The number of nitro groups is 1. The third-order valence-corrected chi connectivity index (χ3v) is 3.43. The highest BCUT2D eigenvalue weighted by Crippen LogP contribution is 2.28. The number of hydrogen-bond acceptors (Lipinski definition) is 7. The van der Waals surface area contributed by atoms with Crippen LogP contribution in [0.5, 0.6) is 0 Å². The number of rotatable bonds is 3. The maximum absolute atomic E-state index is 11.8. The summed E-state index contributed by atoms with van der Waals surface area (Å²) in [5.74, 6) is -0.100. The quantitative estimate of drug-likeness (QED) is 0.470. The molecule has 1 aliphatic heterocycles. The number of pyridine rings is 1. The molecular weight excluding hydrogens is 276 g/mol. The summed E-state index contributed by atoms with van der Waals surface area (Å²) in [5.41, 5.74) is -0.165. The van der Waals surface area contributed by atoms with Crippen LogP contribution in [0.1, 0.15) is 24.8 Å². The van der Waals surface area contributed by atoms with E-state index in [4.69, 9.17) is 4.74 Å². The van der Waals surface area contributed by atoms with Gasteiger partial charge in [0.25, 0.3) is 5.69 Å². The molecule has 2 heterocycles. The zero-order valence-corrected chi connectivity index (χ0v) is 11.5. The highest BCUT2D eigenvalue weighted by molar-refractivity contribution is 5.80. The average Bonchev–Trinajstić information content (AvgIpc) is 2.53. The summed E-state index contributed by atoms with van der Waals surface area (Å²) in [6.45, 7) is 0.555. The zero-order chi connectivity index (χ0) is 15.4. The van der Waals surface area contributed by atoms with Crippen molar-refractivity contribution in [2.75, 3.05) is 18.6 Å². The van der Waals surface area contributed by atoms with Gasteiger partial charge in [0, 0.05) is 12.6 Å². The van der Waals surface area contributed by atoms with Crippen molar-refractivity contribution in [3.8, 4) is 6.07 Å². The predicted molar refractivity (Wildman–Crippen MR) is 72.6 cm³/mol. The maximum Gasteiger partial charge on any atom is 0.328 e. The van der Waals surface area contributed by atoms with E-state index in [1.807, 2.05) is 6.07 Å². The summed E-state index contributed by atoms with van der Waals surface area (Å²) >= 11 is 0.